The largest absolute Gasteiger partial charge is 0.480 e. The van der Waals surface area contributed by atoms with Gasteiger partial charge in [0.1, 0.15) is 6.04 Å². The molecule has 2 unspecified atom stereocenters. The molecule has 0 aliphatic carbocycles. The number of hydrogen-bond acceptors (Lipinski definition) is 3. The number of nitrogens with one attached hydrogen (secondary N) is 1. The van der Waals surface area contributed by atoms with Gasteiger partial charge in [0.15, 0.2) is 0 Å². The van der Waals surface area contributed by atoms with Crippen molar-refractivity contribution in [2.24, 2.45) is 5.92 Å². The van der Waals surface area contributed by atoms with Gasteiger partial charge in [-0.1, -0.05) is 13.8 Å². The average molecular weight is 173 g/mol. The highest BCUT2D eigenvalue weighted by Gasteiger charge is 2.27. The van der Waals surface area contributed by atoms with Crippen LogP contribution in [0.4, 0.5) is 0 Å². The first-order valence-corrected chi connectivity index (χ1v) is 4.18. The highest BCUT2D eigenvalue weighted by atomic mass is 16.5. The zero-order chi connectivity index (χ0) is 9.14. The fourth-order valence-corrected chi connectivity index (χ4v) is 1.19. The van der Waals surface area contributed by atoms with Gasteiger partial charge in [0.25, 0.3) is 0 Å². The first-order chi connectivity index (χ1) is 5.61. The molecule has 0 bridgehead atoms. The minimum atomic E-state index is -0.833. The van der Waals surface area contributed by atoms with Crippen LogP contribution in [0.1, 0.15) is 13.8 Å². The van der Waals surface area contributed by atoms with E-state index in [-0.39, 0.29) is 12.6 Å². The Kier molecular flexibility index (Phi) is 3.05. The van der Waals surface area contributed by atoms with Gasteiger partial charge in [-0.05, 0) is 5.92 Å². The van der Waals surface area contributed by atoms with Gasteiger partial charge in [0, 0.05) is 6.04 Å². The SMILES string of the molecule is CC(C)C1COCC(C(=O)O)N1. The van der Waals surface area contributed by atoms with E-state index in [4.69, 9.17) is 9.84 Å². The summed E-state index contributed by atoms with van der Waals surface area (Å²) in [7, 11) is 0. The fourth-order valence-electron chi connectivity index (χ4n) is 1.19. The van der Waals surface area contributed by atoms with Crippen LogP contribution in [0, 0.1) is 5.92 Å². The van der Waals surface area contributed by atoms with Crippen LogP contribution < -0.4 is 5.32 Å². The lowest BCUT2D eigenvalue weighted by Gasteiger charge is -2.31. The van der Waals surface area contributed by atoms with E-state index in [0.717, 1.165) is 0 Å². The fraction of sp³-hybridized carbons (Fsp3) is 0.875. The van der Waals surface area contributed by atoms with Crippen molar-refractivity contribution in [2.75, 3.05) is 13.2 Å². The molecule has 0 aromatic heterocycles. The van der Waals surface area contributed by atoms with Crippen molar-refractivity contribution in [2.45, 2.75) is 25.9 Å². The molecule has 0 amide bonds. The second-order valence-corrected chi connectivity index (χ2v) is 3.45. The van der Waals surface area contributed by atoms with Crippen molar-refractivity contribution in [1.82, 2.24) is 5.32 Å². The molecule has 70 valence electrons. The van der Waals surface area contributed by atoms with Crippen LogP contribution in [-0.4, -0.2) is 36.4 Å². The third-order valence-electron chi connectivity index (χ3n) is 2.10. The number of carboxylic acids is 1. The molecule has 0 aromatic carbocycles. The van der Waals surface area contributed by atoms with Crippen molar-refractivity contribution in [1.29, 1.82) is 0 Å². The van der Waals surface area contributed by atoms with Crippen LogP contribution in [0.2, 0.25) is 0 Å². The maximum Gasteiger partial charge on any atom is 0.323 e. The van der Waals surface area contributed by atoms with Gasteiger partial charge in [-0.3, -0.25) is 10.1 Å². The summed E-state index contributed by atoms with van der Waals surface area (Å²) in [6.07, 6.45) is 0. The molecule has 0 spiro atoms. The molecule has 2 atom stereocenters. The summed E-state index contributed by atoms with van der Waals surface area (Å²) in [6, 6.07) is -0.369. The molecule has 0 aromatic rings. The van der Waals surface area contributed by atoms with Gasteiger partial charge in [-0.25, -0.2) is 0 Å². The molecule has 4 heteroatoms. The van der Waals surface area contributed by atoms with E-state index < -0.39 is 12.0 Å². The molecule has 0 radical (unpaired) electrons. The first-order valence-electron chi connectivity index (χ1n) is 4.18. The Hall–Kier alpha value is -0.610. The van der Waals surface area contributed by atoms with E-state index in [9.17, 15) is 4.79 Å². The zero-order valence-corrected chi connectivity index (χ0v) is 7.41. The van der Waals surface area contributed by atoms with Gasteiger partial charge in [0.2, 0.25) is 0 Å². The third-order valence-corrected chi connectivity index (χ3v) is 2.10. The van der Waals surface area contributed by atoms with E-state index in [0.29, 0.717) is 12.5 Å². The van der Waals surface area contributed by atoms with Crippen LogP contribution in [-0.2, 0) is 9.53 Å². The van der Waals surface area contributed by atoms with Crippen LogP contribution >= 0.6 is 0 Å². The Morgan fingerprint density at radius 2 is 2.25 bits per heavy atom. The quantitative estimate of drug-likeness (QED) is 0.621. The number of carbonyl (C=O) groups is 1. The maximum absolute atomic E-state index is 10.6. The zero-order valence-electron chi connectivity index (χ0n) is 7.41. The minimum absolute atomic E-state index is 0.167. The molecule has 1 saturated heterocycles. The predicted molar refractivity (Wildman–Crippen MR) is 44.0 cm³/mol. The highest BCUT2D eigenvalue weighted by molar-refractivity contribution is 5.73. The van der Waals surface area contributed by atoms with Crippen LogP contribution in [0.3, 0.4) is 0 Å². The molecule has 2 N–H and O–H groups in total. The number of ether oxygens (including phenoxy) is 1. The van der Waals surface area contributed by atoms with Crippen molar-refractivity contribution >= 4 is 5.97 Å². The number of carboxylic acid groups (broad SMARTS) is 1. The Labute approximate surface area is 71.9 Å². The normalized spacial score (nSPS) is 30.6. The van der Waals surface area contributed by atoms with Crippen LogP contribution in [0.15, 0.2) is 0 Å². The predicted octanol–water partition coefficient (Wildman–Crippen LogP) is 0.0840. The minimum Gasteiger partial charge on any atom is -0.480 e. The lowest BCUT2D eigenvalue weighted by Crippen LogP contribution is -2.54. The lowest BCUT2D eigenvalue weighted by atomic mass is 10.0. The van der Waals surface area contributed by atoms with Crippen LogP contribution in [0.5, 0.6) is 0 Å². The monoisotopic (exact) mass is 173 g/mol. The highest BCUT2D eigenvalue weighted by Crippen LogP contribution is 2.08. The lowest BCUT2D eigenvalue weighted by molar-refractivity contribution is -0.143. The Bertz CT molecular complexity index is 170. The van der Waals surface area contributed by atoms with Gasteiger partial charge in [-0.15, -0.1) is 0 Å². The molecule has 1 rings (SSSR count). The Morgan fingerprint density at radius 3 is 2.75 bits per heavy atom. The number of rotatable bonds is 2. The maximum atomic E-state index is 10.6. The molecule has 4 nitrogen and oxygen atoms in total. The number of morpholine rings is 1. The van der Waals surface area contributed by atoms with E-state index in [1.807, 2.05) is 13.8 Å². The van der Waals surface area contributed by atoms with Crippen molar-refractivity contribution < 1.29 is 14.6 Å². The van der Waals surface area contributed by atoms with Gasteiger partial charge < -0.3 is 9.84 Å². The molecular weight excluding hydrogens is 158 g/mol. The van der Waals surface area contributed by atoms with Crippen molar-refractivity contribution in [3.8, 4) is 0 Å². The van der Waals surface area contributed by atoms with E-state index in [2.05, 4.69) is 5.32 Å². The standard InChI is InChI=1S/C8H15NO3/c1-5(2)6-3-12-4-7(9-6)8(10)11/h5-7,9H,3-4H2,1-2H3,(H,10,11). The number of aliphatic carboxylic acids is 1. The van der Waals surface area contributed by atoms with Gasteiger partial charge in [0.05, 0.1) is 13.2 Å². The molecule has 1 fully saturated rings. The topological polar surface area (TPSA) is 58.6 Å². The second kappa shape index (κ2) is 3.87. The summed E-state index contributed by atoms with van der Waals surface area (Å²) < 4.78 is 5.17. The Balaban J connectivity index is 2.46. The smallest absolute Gasteiger partial charge is 0.323 e. The van der Waals surface area contributed by atoms with Crippen LogP contribution in [0.25, 0.3) is 0 Å². The summed E-state index contributed by atoms with van der Waals surface area (Å²) >= 11 is 0. The van der Waals surface area contributed by atoms with Gasteiger partial charge in [-0.2, -0.15) is 0 Å². The van der Waals surface area contributed by atoms with E-state index in [1.165, 1.54) is 0 Å². The Morgan fingerprint density at radius 1 is 1.58 bits per heavy atom. The van der Waals surface area contributed by atoms with Crippen molar-refractivity contribution in [3.63, 3.8) is 0 Å². The number of hydrogen-bond donors (Lipinski definition) is 2. The summed E-state index contributed by atoms with van der Waals surface area (Å²) in [5, 5.41) is 11.7. The van der Waals surface area contributed by atoms with E-state index in [1.54, 1.807) is 0 Å². The molecule has 1 aliphatic rings. The summed E-state index contributed by atoms with van der Waals surface area (Å²) in [5.41, 5.74) is 0. The van der Waals surface area contributed by atoms with Gasteiger partial charge >= 0.3 is 5.97 Å². The molecule has 1 aliphatic heterocycles. The van der Waals surface area contributed by atoms with E-state index >= 15 is 0 Å². The molecule has 1 heterocycles. The summed E-state index contributed by atoms with van der Waals surface area (Å²) in [5.74, 6) is -0.424. The third kappa shape index (κ3) is 2.19. The average Bonchev–Trinajstić information content (AvgIpc) is 2.04. The summed E-state index contributed by atoms with van der Waals surface area (Å²) in [6.45, 7) is 4.98. The second-order valence-electron chi connectivity index (χ2n) is 3.45. The molecule has 12 heavy (non-hydrogen) atoms. The summed E-state index contributed by atoms with van der Waals surface area (Å²) in [4.78, 5) is 10.6. The first kappa shape index (κ1) is 9.48. The molecular formula is C8H15NO3. The molecule has 0 saturated carbocycles. The van der Waals surface area contributed by atoms with Crippen molar-refractivity contribution in [3.05, 3.63) is 0 Å².